The number of rotatable bonds is 7. The van der Waals surface area contributed by atoms with Crippen molar-refractivity contribution >= 4 is 23.0 Å². The molecule has 3 nitrogen and oxygen atoms in total. The van der Waals surface area contributed by atoms with Crippen molar-refractivity contribution in [2.75, 3.05) is 18.5 Å². The third kappa shape index (κ3) is 5.91. The Balaban J connectivity index is 1.77. The monoisotopic (exact) mass is 328 g/mol. The molecule has 0 saturated heterocycles. The fourth-order valence-electron chi connectivity index (χ4n) is 2.26. The summed E-state index contributed by atoms with van der Waals surface area (Å²) < 4.78 is 5.70. The molecule has 2 rings (SSSR count). The number of anilines is 1. The maximum absolute atomic E-state index is 5.70. The first-order valence-corrected chi connectivity index (χ1v) is 8.42. The highest BCUT2D eigenvalue weighted by Gasteiger charge is 2.02. The average molecular weight is 328 g/mol. The highest BCUT2D eigenvalue weighted by molar-refractivity contribution is 7.80. The summed E-state index contributed by atoms with van der Waals surface area (Å²) in [5.41, 5.74) is 3.46. The Kier molecular flexibility index (Phi) is 6.88. The summed E-state index contributed by atoms with van der Waals surface area (Å²) >= 11 is 5.30. The molecule has 0 amide bonds. The van der Waals surface area contributed by atoms with Gasteiger partial charge in [-0.05, 0) is 61.3 Å². The number of aryl methyl sites for hydroxylation is 1. The normalized spacial score (nSPS) is 10.2. The molecule has 2 aromatic rings. The molecule has 0 fully saturated rings. The highest BCUT2D eigenvalue weighted by Crippen LogP contribution is 2.19. The van der Waals surface area contributed by atoms with Gasteiger partial charge in [-0.3, -0.25) is 0 Å². The number of para-hydroxylation sites is 1. The highest BCUT2D eigenvalue weighted by atomic mass is 32.1. The molecule has 0 saturated carbocycles. The topological polar surface area (TPSA) is 33.3 Å². The first-order chi connectivity index (χ1) is 11.2. The molecule has 0 aliphatic heterocycles. The summed E-state index contributed by atoms with van der Waals surface area (Å²) in [6.07, 6.45) is 1.95. The Morgan fingerprint density at radius 3 is 2.61 bits per heavy atom. The van der Waals surface area contributed by atoms with E-state index in [1.807, 2.05) is 30.3 Å². The van der Waals surface area contributed by atoms with E-state index in [4.69, 9.17) is 17.0 Å². The molecule has 2 N–H and O–H groups in total. The third-order valence-corrected chi connectivity index (χ3v) is 3.68. The Bertz CT molecular complexity index is 629. The van der Waals surface area contributed by atoms with Crippen LogP contribution in [-0.4, -0.2) is 18.3 Å². The summed E-state index contributed by atoms with van der Waals surface area (Å²) in [6, 6.07) is 16.3. The molecule has 0 aromatic heterocycles. The average Bonchev–Trinajstić information content (AvgIpc) is 2.55. The summed E-state index contributed by atoms with van der Waals surface area (Å²) in [5, 5.41) is 7.06. The van der Waals surface area contributed by atoms with E-state index in [0.29, 0.717) is 5.11 Å². The van der Waals surface area contributed by atoms with Crippen LogP contribution in [0.4, 0.5) is 5.69 Å². The number of ether oxygens (including phenoxy) is 1. The molecule has 0 bridgehead atoms. The SMILES string of the molecule is CCCOc1ccc(CCNC(=S)Nc2ccccc2)cc1C. The lowest BCUT2D eigenvalue weighted by Gasteiger charge is -2.12. The van der Waals surface area contributed by atoms with Crippen LogP contribution in [0.25, 0.3) is 0 Å². The van der Waals surface area contributed by atoms with Crippen LogP contribution in [-0.2, 0) is 6.42 Å². The quantitative estimate of drug-likeness (QED) is 0.742. The van der Waals surface area contributed by atoms with Crippen molar-refractivity contribution in [3.05, 3.63) is 59.7 Å². The van der Waals surface area contributed by atoms with Crippen molar-refractivity contribution in [3.8, 4) is 5.75 Å². The number of thiocarbonyl (C=S) groups is 1. The maximum Gasteiger partial charge on any atom is 0.170 e. The van der Waals surface area contributed by atoms with Gasteiger partial charge < -0.3 is 15.4 Å². The van der Waals surface area contributed by atoms with Gasteiger partial charge in [-0.1, -0.05) is 37.3 Å². The van der Waals surface area contributed by atoms with Gasteiger partial charge in [-0.25, -0.2) is 0 Å². The van der Waals surface area contributed by atoms with Gasteiger partial charge in [0.15, 0.2) is 5.11 Å². The molecule has 2 aromatic carbocycles. The third-order valence-electron chi connectivity index (χ3n) is 3.43. The standard InChI is InChI=1S/C19H24N2OS/c1-3-13-22-18-10-9-16(14-15(18)2)11-12-20-19(23)21-17-7-5-4-6-8-17/h4-10,14H,3,11-13H2,1-2H3,(H2,20,21,23). The molecular weight excluding hydrogens is 304 g/mol. The molecule has 0 aliphatic rings. The minimum Gasteiger partial charge on any atom is -0.493 e. The van der Waals surface area contributed by atoms with E-state index in [0.717, 1.165) is 37.4 Å². The fraction of sp³-hybridized carbons (Fsp3) is 0.316. The fourth-order valence-corrected chi connectivity index (χ4v) is 2.48. The molecule has 0 spiro atoms. The first-order valence-electron chi connectivity index (χ1n) is 8.01. The van der Waals surface area contributed by atoms with E-state index in [-0.39, 0.29) is 0 Å². The maximum atomic E-state index is 5.70. The molecule has 0 unspecified atom stereocenters. The summed E-state index contributed by atoms with van der Waals surface area (Å²) in [7, 11) is 0. The van der Waals surface area contributed by atoms with Gasteiger partial charge in [0.25, 0.3) is 0 Å². The van der Waals surface area contributed by atoms with Crippen LogP contribution in [0.1, 0.15) is 24.5 Å². The van der Waals surface area contributed by atoms with Gasteiger partial charge in [0.2, 0.25) is 0 Å². The Morgan fingerprint density at radius 1 is 1.13 bits per heavy atom. The molecule has 0 heterocycles. The zero-order chi connectivity index (χ0) is 16.5. The van der Waals surface area contributed by atoms with Gasteiger partial charge in [0.1, 0.15) is 5.75 Å². The molecule has 4 heteroatoms. The van der Waals surface area contributed by atoms with E-state index in [1.54, 1.807) is 0 Å². The smallest absolute Gasteiger partial charge is 0.170 e. The van der Waals surface area contributed by atoms with E-state index in [1.165, 1.54) is 11.1 Å². The Hall–Kier alpha value is -2.07. The van der Waals surface area contributed by atoms with Gasteiger partial charge in [0, 0.05) is 12.2 Å². The summed E-state index contributed by atoms with van der Waals surface area (Å²) in [5.74, 6) is 0.977. The second-order valence-electron chi connectivity index (χ2n) is 5.45. The van der Waals surface area contributed by atoms with Crippen LogP contribution in [0.3, 0.4) is 0 Å². The van der Waals surface area contributed by atoms with Gasteiger partial charge in [-0.2, -0.15) is 0 Å². The lowest BCUT2D eigenvalue weighted by atomic mass is 10.1. The van der Waals surface area contributed by atoms with Crippen molar-refractivity contribution in [1.29, 1.82) is 0 Å². The lowest BCUT2D eigenvalue weighted by Crippen LogP contribution is -2.30. The Labute approximate surface area is 144 Å². The van der Waals surface area contributed by atoms with Crippen LogP contribution >= 0.6 is 12.2 Å². The molecule has 23 heavy (non-hydrogen) atoms. The predicted molar refractivity (Wildman–Crippen MR) is 101 cm³/mol. The molecular formula is C19H24N2OS. The van der Waals surface area contributed by atoms with Crippen molar-refractivity contribution in [1.82, 2.24) is 5.32 Å². The number of nitrogens with one attached hydrogen (secondary N) is 2. The first kappa shape index (κ1) is 17.3. The number of benzene rings is 2. The van der Waals surface area contributed by atoms with Crippen molar-refractivity contribution in [2.45, 2.75) is 26.7 Å². The van der Waals surface area contributed by atoms with Crippen LogP contribution in [0.5, 0.6) is 5.75 Å². The van der Waals surface area contributed by atoms with E-state index in [9.17, 15) is 0 Å². The van der Waals surface area contributed by atoms with Gasteiger partial charge in [-0.15, -0.1) is 0 Å². The zero-order valence-electron chi connectivity index (χ0n) is 13.8. The van der Waals surface area contributed by atoms with Crippen LogP contribution in [0, 0.1) is 6.92 Å². The van der Waals surface area contributed by atoms with Gasteiger partial charge >= 0.3 is 0 Å². The number of hydrogen-bond acceptors (Lipinski definition) is 2. The van der Waals surface area contributed by atoms with Gasteiger partial charge in [0.05, 0.1) is 6.61 Å². The molecule has 0 radical (unpaired) electrons. The minimum absolute atomic E-state index is 0.649. The largest absolute Gasteiger partial charge is 0.493 e. The van der Waals surface area contributed by atoms with Crippen LogP contribution < -0.4 is 15.4 Å². The molecule has 122 valence electrons. The lowest BCUT2D eigenvalue weighted by molar-refractivity contribution is 0.315. The zero-order valence-corrected chi connectivity index (χ0v) is 14.6. The van der Waals surface area contributed by atoms with Crippen LogP contribution in [0.15, 0.2) is 48.5 Å². The minimum atomic E-state index is 0.649. The Morgan fingerprint density at radius 2 is 1.91 bits per heavy atom. The van der Waals surface area contributed by atoms with E-state index >= 15 is 0 Å². The van der Waals surface area contributed by atoms with E-state index < -0.39 is 0 Å². The van der Waals surface area contributed by atoms with Crippen molar-refractivity contribution in [2.24, 2.45) is 0 Å². The summed E-state index contributed by atoms with van der Waals surface area (Å²) in [6.45, 7) is 5.76. The summed E-state index contributed by atoms with van der Waals surface area (Å²) in [4.78, 5) is 0. The van der Waals surface area contributed by atoms with Crippen molar-refractivity contribution in [3.63, 3.8) is 0 Å². The van der Waals surface area contributed by atoms with E-state index in [2.05, 4.69) is 42.7 Å². The number of hydrogen-bond donors (Lipinski definition) is 2. The predicted octanol–water partition coefficient (Wildman–Crippen LogP) is 4.31. The molecule has 0 atom stereocenters. The van der Waals surface area contributed by atoms with Crippen LogP contribution in [0.2, 0.25) is 0 Å². The van der Waals surface area contributed by atoms with Crippen molar-refractivity contribution < 1.29 is 4.74 Å². The molecule has 0 aliphatic carbocycles. The second-order valence-corrected chi connectivity index (χ2v) is 5.85. The second kappa shape index (κ2) is 9.16.